The molecular weight excluding hydrogens is 288 g/mol. The third-order valence-electron chi connectivity index (χ3n) is 4.96. The number of nitrogens with zero attached hydrogens (tertiary/aromatic N) is 3. The van der Waals surface area contributed by atoms with Crippen molar-refractivity contribution in [1.82, 2.24) is 9.78 Å². The predicted octanol–water partition coefficient (Wildman–Crippen LogP) is 2.82. The first kappa shape index (κ1) is 14.3. The van der Waals surface area contributed by atoms with Gasteiger partial charge >= 0.3 is 0 Å². The Bertz CT molecular complexity index is 723. The van der Waals surface area contributed by atoms with Gasteiger partial charge in [0.1, 0.15) is 6.54 Å². The van der Waals surface area contributed by atoms with Gasteiger partial charge in [0.2, 0.25) is 5.91 Å². The summed E-state index contributed by atoms with van der Waals surface area (Å²) in [6.07, 6.45) is 7.58. The maximum absolute atomic E-state index is 12.3. The van der Waals surface area contributed by atoms with E-state index in [9.17, 15) is 4.79 Å². The number of benzene rings is 1. The van der Waals surface area contributed by atoms with Gasteiger partial charge in [-0.25, -0.2) is 0 Å². The largest absolute Gasteiger partial charge is 0.367 e. The van der Waals surface area contributed by atoms with Crippen LogP contribution in [0.4, 0.5) is 11.4 Å². The molecule has 4 rings (SSSR count). The van der Waals surface area contributed by atoms with Crippen LogP contribution >= 0.6 is 0 Å². The second-order valence-corrected chi connectivity index (χ2v) is 6.77. The molecule has 2 unspecified atom stereocenters. The summed E-state index contributed by atoms with van der Waals surface area (Å²) in [4.78, 5) is 14.8. The van der Waals surface area contributed by atoms with Gasteiger partial charge in [0.25, 0.3) is 0 Å². The number of fused-ring (bicyclic) bond motifs is 2. The number of aryl methyl sites for hydroxylation is 1. The van der Waals surface area contributed by atoms with E-state index in [4.69, 9.17) is 0 Å². The van der Waals surface area contributed by atoms with Gasteiger partial charge in [0.05, 0.1) is 17.6 Å². The van der Waals surface area contributed by atoms with Gasteiger partial charge in [0, 0.05) is 18.8 Å². The first-order chi connectivity index (χ1) is 11.2. The smallest absolute Gasteiger partial charge is 0.246 e. The molecule has 5 heteroatoms. The molecule has 1 aromatic heterocycles. The predicted molar refractivity (Wildman–Crippen MR) is 90.5 cm³/mol. The Balaban J connectivity index is 1.49. The lowest BCUT2D eigenvalue weighted by Crippen LogP contribution is -2.33. The van der Waals surface area contributed by atoms with E-state index < -0.39 is 0 Å². The third kappa shape index (κ3) is 2.83. The van der Waals surface area contributed by atoms with Crippen LogP contribution in [0.15, 0.2) is 36.7 Å². The standard InChI is InChI=1S/C18H22N4O/c1-13-9-19-21(10-13)12-18(23)20-16-4-2-3-5-17(16)22-11-14-6-7-15(22)8-14/h2-5,9-10,14-15H,6-8,11-12H2,1H3,(H,20,23). The fourth-order valence-electron chi connectivity index (χ4n) is 3.94. The maximum atomic E-state index is 12.3. The minimum Gasteiger partial charge on any atom is -0.367 e. The molecule has 2 bridgehead atoms. The van der Waals surface area contributed by atoms with E-state index >= 15 is 0 Å². The van der Waals surface area contributed by atoms with Crippen LogP contribution in [0, 0.1) is 12.8 Å². The summed E-state index contributed by atoms with van der Waals surface area (Å²) >= 11 is 0. The molecule has 1 aliphatic heterocycles. The monoisotopic (exact) mass is 310 g/mol. The number of nitrogens with one attached hydrogen (secondary N) is 1. The van der Waals surface area contributed by atoms with Crippen LogP contribution in [0.3, 0.4) is 0 Å². The molecule has 2 atom stereocenters. The quantitative estimate of drug-likeness (QED) is 0.945. The highest BCUT2D eigenvalue weighted by atomic mass is 16.2. The van der Waals surface area contributed by atoms with Gasteiger partial charge in [0.15, 0.2) is 0 Å². The molecule has 1 amide bonds. The Morgan fingerprint density at radius 2 is 2.22 bits per heavy atom. The SMILES string of the molecule is Cc1cnn(CC(=O)Nc2ccccc2N2CC3CCC2C3)c1. The van der Waals surface area contributed by atoms with Gasteiger partial charge in [-0.3, -0.25) is 9.48 Å². The van der Waals surface area contributed by atoms with Crippen molar-refractivity contribution in [3.05, 3.63) is 42.2 Å². The second kappa shape index (κ2) is 5.72. The first-order valence-corrected chi connectivity index (χ1v) is 8.33. The minimum absolute atomic E-state index is 0.0371. The van der Waals surface area contributed by atoms with E-state index in [1.165, 1.54) is 19.3 Å². The van der Waals surface area contributed by atoms with Crippen molar-refractivity contribution in [3.8, 4) is 0 Å². The van der Waals surface area contributed by atoms with Gasteiger partial charge in [-0.15, -0.1) is 0 Å². The fraction of sp³-hybridized carbons (Fsp3) is 0.444. The van der Waals surface area contributed by atoms with Crippen molar-refractivity contribution in [3.63, 3.8) is 0 Å². The molecule has 0 radical (unpaired) electrons. The van der Waals surface area contributed by atoms with Crippen LogP contribution < -0.4 is 10.2 Å². The molecule has 2 fully saturated rings. The maximum Gasteiger partial charge on any atom is 0.246 e. The normalized spacial score (nSPS) is 22.6. The van der Waals surface area contributed by atoms with Crippen molar-refractivity contribution >= 4 is 17.3 Å². The summed E-state index contributed by atoms with van der Waals surface area (Å²) in [5.41, 5.74) is 3.13. The Morgan fingerprint density at radius 1 is 1.35 bits per heavy atom. The molecule has 5 nitrogen and oxygen atoms in total. The summed E-state index contributed by atoms with van der Waals surface area (Å²) in [6.45, 7) is 3.34. The zero-order valence-corrected chi connectivity index (χ0v) is 13.4. The third-order valence-corrected chi connectivity index (χ3v) is 4.96. The molecule has 0 spiro atoms. The van der Waals surface area contributed by atoms with E-state index in [1.54, 1.807) is 10.9 Å². The molecule has 1 N–H and O–H groups in total. The number of piperidine rings is 1. The highest BCUT2D eigenvalue weighted by Gasteiger charge is 2.38. The lowest BCUT2D eigenvalue weighted by Gasteiger charge is -2.31. The second-order valence-electron chi connectivity index (χ2n) is 6.77. The highest BCUT2D eigenvalue weighted by molar-refractivity contribution is 5.94. The molecule has 2 heterocycles. The lowest BCUT2D eigenvalue weighted by molar-refractivity contribution is -0.116. The summed E-state index contributed by atoms with van der Waals surface area (Å²) in [5.74, 6) is 0.792. The van der Waals surface area contributed by atoms with Crippen molar-refractivity contribution in [1.29, 1.82) is 0 Å². The van der Waals surface area contributed by atoms with E-state index in [1.807, 2.05) is 31.3 Å². The average molecular weight is 310 g/mol. The molecule has 23 heavy (non-hydrogen) atoms. The lowest BCUT2D eigenvalue weighted by atomic mass is 10.1. The number of rotatable bonds is 4. The van der Waals surface area contributed by atoms with Crippen LogP contribution in [-0.4, -0.2) is 28.3 Å². The number of carbonyl (C=O) groups excluding carboxylic acids is 1. The van der Waals surface area contributed by atoms with Crippen molar-refractivity contribution in [2.75, 3.05) is 16.8 Å². The Labute approximate surface area is 136 Å². The number of anilines is 2. The van der Waals surface area contributed by atoms with Gasteiger partial charge in [-0.1, -0.05) is 12.1 Å². The van der Waals surface area contributed by atoms with Crippen LogP contribution in [0.1, 0.15) is 24.8 Å². The molecule has 1 aliphatic carbocycles. The number of aromatic nitrogens is 2. The summed E-state index contributed by atoms with van der Waals surface area (Å²) < 4.78 is 1.67. The molecule has 1 aromatic carbocycles. The molecule has 2 aromatic rings. The molecule has 2 aliphatic rings. The highest BCUT2D eigenvalue weighted by Crippen LogP contribution is 2.42. The van der Waals surface area contributed by atoms with Gasteiger partial charge in [-0.05, 0) is 49.8 Å². The molecule has 1 saturated carbocycles. The van der Waals surface area contributed by atoms with Crippen molar-refractivity contribution in [2.45, 2.75) is 38.8 Å². The van der Waals surface area contributed by atoms with Crippen molar-refractivity contribution < 1.29 is 4.79 Å². The number of amides is 1. The zero-order chi connectivity index (χ0) is 15.8. The van der Waals surface area contributed by atoms with E-state index in [-0.39, 0.29) is 12.5 Å². The molecular formula is C18H22N4O. The number of hydrogen-bond donors (Lipinski definition) is 1. The Hall–Kier alpha value is -2.30. The number of hydrogen-bond acceptors (Lipinski definition) is 3. The molecule has 1 saturated heterocycles. The number of carbonyl (C=O) groups is 1. The fourth-order valence-corrected chi connectivity index (χ4v) is 3.94. The summed E-state index contributed by atoms with van der Waals surface area (Å²) in [6, 6.07) is 8.79. The number of para-hydroxylation sites is 2. The summed E-state index contributed by atoms with van der Waals surface area (Å²) in [5, 5.41) is 7.24. The topological polar surface area (TPSA) is 50.2 Å². The van der Waals surface area contributed by atoms with Crippen LogP contribution in [0.2, 0.25) is 0 Å². The Morgan fingerprint density at radius 3 is 2.91 bits per heavy atom. The van der Waals surface area contributed by atoms with E-state index in [0.717, 1.165) is 29.4 Å². The average Bonchev–Trinajstić information content (AvgIpc) is 3.25. The van der Waals surface area contributed by atoms with E-state index in [2.05, 4.69) is 21.4 Å². The summed E-state index contributed by atoms with van der Waals surface area (Å²) in [7, 11) is 0. The Kier molecular flexibility index (Phi) is 3.56. The first-order valence-electron chi connectivity index (χ1n) is 8.33. The van der Waals surface area contributed by atoms with Crippen LogP contribution in [-0.2, 0) is 11.3 Å². The zero-order valence-electron chi connectivity index (χ0n) is 13.4. The van der Waals surface area contributed by atoms with Crippen molar-refractivity contribution in [2.24, 2.45) is 5.92 Å². The minimum atomic E-state index is -0.0371. The van der Waals surface area contributed by atoms with Crippen LogP contribution in [0.5, 0.6) is 0 Å². The molecule has 120 valence electrons. The van der Waals surface area contributed by atoms with E-state index in [0.29, 0.717) is 6.04 Å². The van der Waals surface area contributed by atoms with Gasteiger partial charge < -0.3 is 10.2 Å². The van der Waals surface area contributed by atoms with Gasteiger partial charge in [-0.2, -0.15) is 5.10 Å². The van der Waals surface area contributed by atoms with Crippen LogP contribution in [0.25, 0.3) is 0 Å².